The van der Waals surface area contributed by atoms with E-state index in [1.165, 1.54) is 0 Å². The first kappa shape index (κ1) is 8.80. The quantitative estimate of drug-likeness (QED) is 0.520. The van der Waals surface area contributed by atoms with Crippen LogP contribution >= 0.6 is 0 Å². The number of nitrogens with zero attached hydrogens (tertiary/aromatic N) is 3. The fourth-order valence-electron chi connectivity index (χ4n) is 0.489. The van der Waals surface area contributed by atoms with Gasteiger partial charge in [-0.15, -0.1) is 0 Å². The molecule has 0 radical (unpaired) electrons. The maximum Gasteiger partial charge on any atom is 0.0877 e. The Hall–Kier alpha value is -1.20. The summed E-state index contributed by atoms with van der Waals surface area (Å²) in [6.45, 7) is -0.216. The maximum absolute atomic E-state index is 9.63. The molecule has 0 atom stereocenters. The van der Waals surface area contributed by atoms with E-state index in [0.29, 0.717) is 0 Å². The molecular formula is C4H7N3O3. The Kier molecular flexibility index (Phi) is 5.22. The molecule has 0 aromatic rings. The number of rotatable bonds is 6. The van der Waals surface area contributed by atoms with Crippen molar-refractivity contribution in [3.8, 4) is 0 Å². The molecule has 0 saturated carbocycles. The van der Waals surface area contributed by atoms with Crippen LogP contribution in [0.4, 0.5) is 0 Å². The molecule has 0 aromatic carbocycles. The molecule has 0 aliphatic heterocycles. The summed E-state index contributed by atoms with van der Waals surface area (Å²) in [6, 6.07) is 0. The lowest BCUT2D eigenvalue weighted by atomic mass is 10.1. The van der Waals surface area contributed by atoms with Gasteiger partial charge in [-0.3, -0.25) is 0 Å². The average molecular weight is 145 g/mol. The van der Waals surface area contributed by atoms with Gasteiger partial charge in [0.25, 0.3) is 0 Å². The first-order chi connectivity index (χ1) is 4.85. The summed E-state index contributed by atoms with van der Waals surface area (Å²) in [4.78, 5) is 28.9. The summed E-state index contributed by atoms with van der Waals surface area (Å²) in [5.41, 5.74) is 0. The molecule has 6 nitrogen and oxygen atoms in total. The summed E-state index contributed by atoms with van der Waals surface area (Å²) in [5.74, 6) is -0.410. The lowest BCUT2D eigenvalue weighted by Crippen LogP contribution is -2.11. The fraction of sp³-hybridized carbons (Fsp3) is 1.00. The topological polar surface area (TPSA) is 88.3 Å². The highest BCUT2D eigenvalue weighted by molar-refractivity contribution is 4.66. The van der Waals surface area contributed by atoms with Gasteiger partial charge in [0.2, 0.25) is 0 Å². The van der Waals surface area contributed by atoms with Crippen molar-refractivity contribution in [1.82, 2.24) is 0 Å². The van der Waals surface area contributed by atoms with Crippen LogP contribution in [0, 0.1) is 20.6 Å². The minimum atomic E-state index is -0.410. The van der Waals surface area contributed by atoms with E-state index >= 15 is 0 Å². The van der Waals surface area contributed by atoms with Crippen LogP contribution in [0.5, 0.6) is 0 Å². The third kappa shape index (κ3) is 3.76. The van der Waals surface area contributed by atoms with Gasteiger partial charge in [-0.1, -0.05) is 15.5 Å². The first-order valence-corrected chi connectivity index (χ1v) is 2.72. The smallest absolute Gasteiger partial charge is 0.0877 e. The van der Waals surface area contributed by atoms with Crippen molar-refractivity contribution in [2.24, 2.45) is 21.4 Å². The molecule has 0 aliphatic carbocycles. The lowest BCUT2D eigenvalue weighted by Gasteiger charge is -2.00. The Morgan fingerprint density at radius 3 is 1.30 bits per heavy atom. The van der Waals surface area contributed by atoms with Crippen LogP contribution in [0.2, 0.25) is 0 Å². The Morgan fingerprint density at radius 2 is 1.10 bits per heavy atom. The monoisotopic (exact) mass is 145 g/mol. The predicted molar refractivity (Wildman–Crippen MR) is 35.5 cm³/mol. The van der Waals surface area contributed by atoms with Gasteiger partial charge >= 0.3 is 0 Å². The normalized spacial score (nSPS) is 9.30. The van der Waals surface area contributed by atoms with Gasteiger partial charge in [-0.25, -0.2) is 0 Å². The van der Waals surface area contributed by atoms with Crippen molar-refractivity contribution in [3.63, 3.8) is 0 Å². The van der Waals surface area contributed by atoms with Gasteiger partial charge in [0.1, 0.15) is 0 Å². The highest BCUT2D eigenvalue weighted by Gasteiger charge is 2.08. The van der Waals surface area contributed by atoms with Crippen LogP contribution in [0.3, 0.4) is 0 Å². The van der Waals surface area contributed by atoms with Gasteiger partial charge in [-0.05, 0) is 0 Å². The summed E-state index contributed by atoms with van der Waals surface area (Å²) < 4.78 is 0. The second kappa shape index (κ2) is 5.93. The van der Waals surface area contributed by atoms with E-state index in [4.69, 9.17) is 0 Å². The number of nitroso groups, excluding NO2 is 3. The maximum atomic E-state index is 9.63. The fourth-order valence-corrected chi connectivity index (χ4v) is 0.489. The number of hydrogen-bond donors (Lipinski definition) is 0. The van der Waals surface area contributed by atoms with Crippen molar-refractivity contribution < 1.29 is 0 Å². The molecule has 0 rings (SSSR count). The molecule has 0 N–H and O–H groups in total. The molecule has 0 unspecified atom stereocenters. The van der Waals surface area contributed by atoms with Gasteiger partial charge in [0, 0.05) is 5.92 Å². The van der Waals surface area contributed by atoms with Crippen LogP contribution in [0.1, 0.15) is 0 Å². The molecule has 0 aliphatic rings. The zero-order valence-electron chi connectivity index (χ0n) is 5.27. The van der Waals surface area contributed by atoms with E-state index in [0.717, 1.165) is 0 Å². The van der Waals surface area contributed by atoms with Crippen LogP contribution in [-0.4, -0.2) is 19.6 Å². The molecule has 56 valence electrons. The molecular weight excluding hydrogens is 138 g/mol. The van der Waals surface area contributed by atoms with E-state index in [1.54, 1.807) is 0 Å². The van der Waals surface area contributed by atoms with E-state index in [1.807, 2.05) is 0 Å². The second-order valence-corrected chi connectivity index (χ2v) is 1.80. The second-order valence-electron chi connectivity index (χ2n) is 1.80. The summed E-state index contributed by atoms with van der Waals surface area (Å²) >= 11 is 0. The van der Waals surface area contributed by atoms with Crippen LogP contribution in [0.25, 0.3) is 0 Å². The molecule has 0 saturated heterocycles. The number of hydrogen-bond acceptors (Lipinski definition) is 6. The third-order valence-electron chi connectivity index (χ3n) is 0.998. The molecule has 0 aromatic heterocycles. The van der Waals surface area contributed by atoms with E-state index in [-0.39, 0.29) is 19.6 Å². The van der Waals surface area contributed by atoms with Crippen LogP contribution in [-0.2, 0) is 0 Å². The van der Waals surface area contributed by atoms with E-state index < -0.39 is 5.92 Å². The zero-order chi connectivity index (χ0) is 7.82. The molecule has 0 fully saturated rings. The summed E-state index contributed by atoms with van der Waals surface area (Å²) in [5, 5.41) is 7.58. The zero-order valence-corrected chi connectivity index (χ0v) is 5.27. The molecule has 10 heavy (non-hydrogen) atoms. The molecule has 6 heteroatoms. The SMILES string of the molecule is O=NCC(CN=O)CN=O. The molecule has 0 spiro atoms. The van der Waals surface area contributed by atoms with Crippen LogP contribution < -0.4 is 0 Å². The minimum absolute atomic E-state index is 0.0719. The largest absolute Gasteiger partial charge is 0.151 e. The molecule has 0 amide bonds. The minimum Gasteiger partial charge on any atom is -0.151 e. The van der Waals surface area contributed by atoms with Crippen molar-refractivity contribution in [2.75, 3.05) is 19.6 Å². The van der Waals surface area contributed by atoms with Crippen molar-refractivity contribution in [3.05, 3.63) is 14.7 Å². The third-order valence-corrected chi connectivity index (χ3v) is 0.998. The predicted octanol–water partition coefficient (Wildman–Crippen LogP) is 0.902. The van der Waals surface area contributed by atoms with Crippen molar-refractivity contribution in [1.29, 1.82) is 0 Å². The van der Waals surface area contributed by atoms with E-state index in [2.05, 4.69) is 15.5 Å². The lowest BCUT2D eigenvalue weighted by molar-refractivity contribution is 0.561. The molecule has 0 heterocycles. The highest BCUT2D eigenvalue weighted by atomic mass is 16.3. The van der Waals surface area contributed by atoms with Crippen molar-refractivity contribution in [2.45, 2.75) is 0 Å². The Balaban J connectivity index is 3.58. The van der Waals surface area contributed by atoms with Crippen molar-refractivity contribution >= 4 is 0 Å². The summed E-state index contributed by atoms with van der Waals surface area (Å²) in [6.07, 6.45) is 0. The highest BCUT2D eigenvalue weighted by Crippen LogP contribution is 1.98. The van der Waals surface area contributed by atoms with Gasteiger partial charge < -0.3 is 0 Å². The van der Waals surface area contributed by atoms with Crippen LogP contribution in [0.15, 0.2) is 15.5 Å². The van der Waals surface area contributed by atoms with Gasteiger partial charge in [0.15, 0.2) is 0 Å². The Bertz CT molecular complexity index is 103. The standard InChI is InChI=1S/C4H7N3O3/c8-5-1-4(2-6-9)3-7-10/h4H,1-3H2. The Morgan fingerprint density at radius 1 is 0.800 bits per heavy atom. The van der Waals surface area contributed by atoms with Gasteiger partial charge in [0.05, 0.1) is 19.6 Å². The van der Waals surface area contributed by atoms with Gasteiger partial charge in [-0.2, -0.15) is 14.7 Å². The summed E-state index contributed by atoms with van der Waals surface area (Å²) in [7, 11) is 0. The first-order valence-electron chi connectivity index (χ1n) is 2.72. The van der Waals surface area contributed by atoms with E-state index in [9.17, 15) is 14.7 Å². The Labute approximate surface area is 56.9 Å². The average Bonchev–Trinajstić information content (AvgIpc) is 1.90. The molecule has 0 bridgehead atoms.